The summed E-state index contributed by atoms with van der Waals surface area (Å²) in [7, 11) is 0. The smallest absolute Gasteiger partial charge is 0.245 e. The zero-order valence-corrected chi connectivity index (χ0v) is 10.7. The molecule has 5 heteroatoms. The van der Waals surface area contributed by atoms with Crippen LogP contribution in [0.15, 0.2) is 24.4 Å². The van der Waals surface area contributed by atoms with E-state index >= 15 is 0 Å². The van der Waals surface area contributed by atoms with Crippen LogP contribution in [-0.2, 0) is 0 Å². The lowest BCUT2D eigenvalue weighted by atomic mass is 10.2. The number of pyridine rings is 1. The maximum atomic E-state index is 4.63. The van der Waals surface area contributed by atoms with Crippen LogP contribution in [0.4, 0.5) is 5.95 Å². The second kappa shape index (κ2) is 4.94. The normalized spacial score (nSPS) is 19.5. The van der Waals surface area contributed by atoms with E-state index in [9.17, 15) is 0 Å². The Bertz CT molecular complexity index is 482. The molecule has 5 nitrogen and oxygen atoms in total. The molecule has 2 aromatic heterocycles. The zero-order chi connectivity index (χ0) is 12.4. The number of nitrogens with one attached hydrogen (secondary N) is 1. The Hall–Kier alpha value is -1.62. The first-order valence-corrected chi connectivity index (χ1v) is 6.67. The number of hydrogen-bond acceptors (Lipinski definition) is 4. The van der Waals surface area contributed by atoms with E-state index in [-0.39, 0.29) is 0 Å². The van der Waals surface area contributed by atoms with E-state index < -0.39 is 0 Å². The Morgan fingerprint density at radius 3 is 3.17 bits per heavy atom. The standard InChI is InChI=1S/C13H19N5/c1-2-8-17(11-6-7-14-10-11)13-15-12-5-3-4-9-18(12)16-13/h3-5,9,11,14H,2,6-8,10H2,1H3. The second-order valence-electron chi connectivity index (χ2n) is 4.76. The first kappa shape index (κ1) is 11.5. The molecule has 0 saturated carbocycles. The third kappa shape index (κ3) is 2.06. The van der Waals surface area contributed by atoms with E-state index in [4.69, 9.17) is 0 Å². The van der Waals surface area contributed by atoms with Crippen molar-refractivity contribution in [1.82, 2.24) is 19.9 Å². The van der Waals surface area contributed by atoms with Crippen LogP contribution >= 0.6 is 0 Å². The molecule has 1 atom stereocenters. The van der Waals surface area contributed by atoms with Gasteiger partial charge in [-0.3, -0.25) is 0 Å². The predicted octanol–water partition coefficient (Wildman–Crippen LogP) is 1.31. The second-order valence-corrected chi connectivity index (χ2v) is 4.76. The molecule has 1 aliphatic heterocycles. The third-order valence-electron chi connectivity index (χ3n) is 3.43. The Morgan fingerprint density at radius 1 is 1.50 bits per heavy atom. The Balaban J connectivity index is 1.92. The summed E-state index contributed by atoms with van der Waals surface area (Å²) in [4.78, 5) is 6.97. The lowest BCUT2D eigenvalue weighted by molar-refractivity contribution is 0.609. The van der Waals surface area contributed by atoms with Crippen molar-refractivity contribution in [3.63, 3.8) is 0 Å². The van der Waals surface area contributed by atoms with Crippen molar-refractivity contribution in [2.24, 2.45) is 0 Å². The van der Waals surface area contributed by atoms with Crippen molar-refractivity contribution >= 4 is 11.6 Å². The highest BCUT2D eigenvalue weighted by Gasteiger charge is 2.24. The minimum Gasteiger partial charge on any atom is -0.335 e. The SMILES string of the molecule is CCCN(c1nc2ccccn2n1)C1CCNC1. The fourth-order valence-corrected chi connectivity index (χ4v) is 2.53. The molecular formula is C13H19N5. The Labute approximate surface area is 107 Å². The Kier molecular flexibility index (Phi) is 3.15. The van der Waals surface area contributed by atoms with Crippen LogP contribution < -0.4 is 10.2 Å². The molecule has 0 spiro atoms. The van der Waals surface area contributed by atoms with Gasteiger partial charge in [0.2, 0.25) is 5.95 Å². The highest BCUT2D eigenvalue weighted by atomic mass is 15.4. The fraction of sp³-hybridized carbons (Fsp3) is 0.538. The molecule has 0 bridgehead atoms. The average molecular weight is 245 g/mol. The molecule has 18 heavy (non-hydrogen) atoms. The van der Waals surface area contributed by atoms with Gasteiger partial charge in [-0.05, 0) is 31.5 Å². The topological polar surface area (TPSA) is 45.5 Å². The van der Waals surface area contributed by atoms with E-state index in [0.29, 0.717) is 6.04 Å². The summed E-state index contributed by atoms with van der Waals surface area (Å²) in [5, 5.41) is 7.99. The van der Waals surface area contributed by atoms with Gasteiger partial charge in [0.05, 0.1) is 0 Å². The molecule has 2 aromatic rings. The lowest BCUT2D eigenvalue weighted by Crippen LogP contribution is -2.38. The van der Waals surface area contributed by atoms with Gasteiger partial charge in [-0.25, -0.2) is 4.52 Å². The molecule has 1 saturated heterocycles. The van der Waals surface area contributed by atoms with Crippen molar-refractivity contribution in [3.05, 3.63) is 24.4 Å². The third-order valence-corrected chi connectivity index (χ3v) is 3.43. The monoisotopic (exact) mass is 245 g/mol. The van der Waals surface area contributed by atoms with Gasteiger partial charge in [0, 0.05) is 25.3 Å². The molecule has 3 heterocycles. The van der Waals surface area contributed by atoms with Gasteiger partial charge >= 0.3 is 0 Å². The quantitative estimate of drug-likeness (QED) is 0.882. The number of hydrogen-bond donors (Lipinski definition) is 1. The van der Waals surface area contributed by atoms with E-state index in [0.717, 1.165) is 37.7 Å². The summed E-state index contributed by atoms with van der Waals surface area (Å²) in [6, 6.07) is 6.50. The zero-order valence-electron chi connectivity index (χ0n) is 10.7. The minimum atomic E-state index is 0.530. The van der Waals surface area contributed by atoms with E-state index in [2.05, 4.69) is 27.2 Å². The largest absolute Gasteiger partial charge is 0.335 e. The Morgan fingerprint density at radius 2 is 2.44 bits per heavy atom. The van der Waals surface area contributed by atoms with Gasteiger partial charge in [0.25, 0.3) is 0 Å². The molecule has 1 fully saturated rings. The minimum absolute atomic E-state index is 0.530. The predicted molar refractivity (Wildman–Crippen MR) is 71.9 cm³/mol. The van der Waals surface area contributed by atoms with Gasteiger partial charge in [-0.1, -0.05) is 13.0 Å². The maximum absolute atomic E-state index is 4.63. The van der Waals surface area contributed by atoms with Crippen LogP contribution in [-0.4, -0.2) is 40.3 Å². The number of fused-ring (bicyclic) bond motifs is 1. The molecule has 1 unspecified atom stereocenters. The highest BCUT2D eigenvalue weighted by molar-refractivity contribution is 5.45. The molecule has 1 aliphatic rings. The van der Waals surface area contributed by atoms with Crippen molar-refractivity contribution in [3.8, 4) is 0 Å². The maximum Gasteiger partial charge on any atom is 0.245 e. The van der Waals surface area contributed by atoms with Gasteiger partial charge in [-0.2, -0.15) is 4.98 Å². The van der Waals surface area contributed by atoms with Crippen LogP contribution in [0.1, 0.15) is 19.8 Å². The fourth-order valence-electron chi connectivity index (χ4n) is 2.53. The molecule has 96 valence electrons. The summed E-state index contributed by atoms with van der Waals surface area (Å²) >= 11 is 0. The van der Waals surface area contributed by atoms with Crippen molar-refractivity contribution in [2.45, 2.75) is 25.8 Å². The first-order chi connectivity index (χ1) is 8.88. The van der Waals surface area contributed by atoms with Crippen LogP contribution in [0.3, 0.4) is 0 Å². The van der Waals surface area contributed by atoms with Crippen LogP contribution in [0.25, 0.3) is 5.65 Å². The van der Waals surface area contributed by atoms with Gasteiger partial charge in [-0.15, -0.1) is 5.10 Å². The molecule has 0 aromatic carbocycles. The number of aromatic nitrogens is 3. The summed E-state index contributed by atoms with van der Waals surface area (Å²) in [5.74, 6) is 0.858. The molecule has 0 amide bonds. The van der Waals surface area contributed by atoms with Gasteiger partial charge in [0.1, 0.15) is 0 Å². The van der Waals surface area contributed by atoms with Crippen LogP contribution in [0.5, 0.6) is 0 Å². The van der Waals surface area contributed by atoms with Gasteiger partial charge < -0.3 is 10.2 Å². The number of anilines is 1. The summed E-state index contributed by atoms with van der Waals surface area (Å²) in [6.07, 6.45) is 4.24. The van der Waals surface area contributed by atoms with E-state index in [1.165, 1.54) is 6.42 Å². The summed E-state index contributed by atoms with van der Waals surface area (Å²) < 4.78 is 1.85. The number of rotatable bonds is 4. The summed E-state index contributed by atoms with van der Waals surface area (Å²) in [6.45, 7) is 5.35. The number of nitrogens with zero attached hydrogens (tertiary/aromatic N) is 4. The van der Waals surface area contributed by atoms with Gasteiger partial charge in [0.15, 0.2) is 5.65 Å². The van der Waals surface area contributed by atoms with Crippen LogP contribution in [0.2, 0.25) is 0 Å². The van der Waals surface area contributed by atoms with E-state index in [1.807, 2.05) is 28.9 Å². The van der Waals surface area contributed by atoms with Crippen LogP contribution in [0, 0.1) is 0 Å². The van der Waals surface area contributed by atoms with Crippen molar-refractivity contribution in [2.75, 3.05) is 24.5 Å². The first-order valence-electron chi connectivity index (χ1n) is 6.67. The highest BCUT2D eigenvalue weighted by Crippen LogP contribution is 2.17. The molecule has 1 N–H and O–H groups in total. The van der Waals surface area contributed by atoms with E-state index in [1.54, 1.807) is 0 Å². The molecular weight excluding hydrogens is 226 g/mol. The summed E-state index contributed by atoms with van der Waals surface area (Å²) in [5.41, 5.74) is 0.916. The molecule has 0 aliphatic carbocycles. The molecule has 0 radical (unpaired) electrons. The van der Waals surface area contributed by atoms with Crippen molar-refractivity contribution < 1.29 is 0 Å². The average Bonchev–Trinajstić information content (AvgIpc) is 3.04. The lowest BCUT2D eigenvalue weighted by Gasteiger charge is -2.26. The van der Waals surface area contributed by atoms with Crippen molar-refractivity contribution in [1.29, 1.82) is 0 Å². The molecule has 3 rings (SSSR count).